The van der Waals surface area contributed by atoms with E-state index in [1.54, 1.807) is 0 Å². The molecule has 0 saturated heterocycles. The first-order valence-electron chi connectivity index (χ1n) is 1.39. The summed E-state index contributed by atoms with van der Waals surface area (Å²) < 4.78 is 4.47. The molecule has 1 N–H and O–H groups in total. The monoisotopic (exact) mass is 91.0 g/mol. The molecule has 0 aliphatic heterocycles. The lowest BCUT2D eigenvalue weighted by atomic mass is 10.8. The Bertz CT molecular complexity index is 15.1. The van der Waals surface area contributed by atoms with Gasteiger partial charge in [0, 0.05) is 0 Å². The van der Waals surface area contributed by atoms with Crippen LogP contribution in [-0.2, 0) is 4.43 Å². The maximum absolute atomic E-state index is 7.95. The molecule has 3 heteroatoms. The van der Waals surface area contributed by atoms with Gasteiger partial charge >= 0.3 is 0 Å². The topological polar surface area (TPSA) is 29.5 Å². The molecule has 2 nitrogen and oxygen atoms in total. The van der Waals surface area contributed by atoms with Gasteiger partial charge < -0.3 is 9.53 Å². The highest BCUT2D eigenvalue weighted by atomic mass is 28.2. The quantitative estimate of drug-likeness (QED) is 0.421. The summed E-state index contributed by atoms with van der Waals surface area (Å²) in [5, 5.41) is 7.95. The van der Waals surface area contributed by atoms with Crippen molar-refractivity contribution < 1.29 is 9.53 Å². The van der Waals surface area contributed by atoms with E-state index < -0.39 is 0 Å². The zero-order chi connectivity index (χ0) is 4.12. The molecule has 0 unspecified atom stereocenters. The van der Waals surface area contributed by atoms with Crippen LogP contribution in [0.15, 0.2) is 0 Å². The van der Waals surface area contributed by atoms with E-state index in [-0.39, 0.29) is 6.61 Å². The van der Waals surface area contributed by atoms with Gasteiger partial charge in [0.05, 0.1) is 13.2 Å². The highest BCUT2D eigenvalue weighted by Gasteiger charge is 1.66. The number of hydrogen-bond acceptors (Lipinski definition) is 2. The van der Waals surface area contributed by atoms with E-state index >= 15 is 0 Å². The SMILES string of the molecule is OCCO[SiH2]. The van der Waals surface area contributed by atoms with Gasteiger partial charge in [-0.05, 0) is 0 Å². The second kappa shape index (κ2) is 4.14. The maximum Gasteiger partial charge on any atom is 0.175 e. The van der Waals surface area contributed by atoms with E-state index in [1.807, 2.05) is 0 Å². The Labute approximate surface area is 34.3 Å². The molecular weight excluding hydrogens is 84.1 g/mol. The summed E-state index contributed by atoms with van der Waals surface area (Å²) in [5.41, 5.74) is 0. The Morgan fingerprint density at radius 2 is 2.40 bits per heavy atom. The van der Waals surface area contributed by atoms with Crippen molar-refractivity contribution in [3.05, 3.63) is 0 Å². The van der Waals surface area contributed by atoms with Crippen molar-refractivity contribution in [2.45, 2.75) is 0 Å². The Morgan fingerprint density at radius 1 is 1.80 bits per heavy atom. The summed E-state index contributed by atoms with van der Waals surface area (Å²) in [7, 11) is 1.39. The smallest absolute Gasteiger partial charge is 0.175 e. The number of aliphatic hydroxyl groups excluding tert-OH is 1. The van der Waals surface area contributed by atoms with Gasteiger partial charge in [-0.1, -0.05) is 0 Å². The minimum atomic E-state index is 0.128. The second-order valence-electron chi connectivity index (χ2n) is 0.632. The summed E-state index contributed by atoms with van der Waals surface area (Å²) in [6, 6.07) is 0. The van der Waals surface area contributed by atoms with Crippen LogP contribution in [-0.4, -0.2) is 28.8 Å². The van der Waals surface area contributed by atoms with Crippen molar-refractivity contribution in [1.82, 2.24) is 0 Å². The molecule has 0 saturated carbocycles. The zero-order valence-corrected chi connectivity index (χ0v) is 4.39. The molecule has 0 aromatic heterocycles. The predicted molar refractivity (Wildman–Crippen MR) is 21.6 cm³/mol. The largest absolute Gasteiger partial charge is 0.423 e. The van der Waals surface area contributed by atoms with Gasteiger partial charge in [-0.2, -0.15) is 0 Å². The van der Waals surface area contributed by atoms with Gasteiger partial charge in [0.2, 0.25) is 0 Å². The van der Waals surface area contributed by atoms with Crippen molar-refractivity contribution in [3.63, 3.8) is 0 Å². The zero-order valence-electron chi connectivity index (χ0n) is 2.98. The van der Waals surface area contributed by atoms with Crippen LogP contribution in [0.25, 0.3) is 0 Å². The maximum atomic E-state index is 7.95. The van der Waals surface area contributed by atoms with Crippen molar-refractivity contribution >= 4 is 10.5 Å². The van der Waals surface area contributed by atoms with Gasteiger partial charge in [0.25, 0.3) is 0 Å². The van der Waals surface area contributed by atoms with Crippen molar-refractivity contribution in [2.75, 3.05) is 13.2 Å². The van der Waals surface area contributed by atoms with Crippen LogP contribution >= 0.6 is 0 Å². The Kier molecular flexibility index (Phi) is 4.25. The van der Waals surface area contributed by atoms with Gasteiger partial charge in [0.1, 0.15) is 0 Å². The van der Waals surface area contributed by atoms with Gasteiger partial charge in [-0.25, -0.2) is 0 Å². The number of rotatable bonds is 2. The van der Waals surface area contributed by atoms with Crippen molar-refractivity contribution in [1.29, 1.82) is 0 Å². The number of aliphatic hydroxyl groups is 1. The molecular formula is C2H7O2Si. The van der Waals surface area contributed by atoms with Crippen LogP contribution in [0.4, 0.5) is 0 Å². The molecule has 31 valence electrons. The minimum Gasteiger partial charge on any atom is -0.423 e. The third kappa shape index (κ3) is 4.14. The molecule has 0 spiro atoms. The normalized spacial score (nSPS) is 8.40. The highest BCUT2D eigenvalue weighted by Crippen LogP contribution is 1.55. The molecule has 1 radical (unpaired) electrons. The van der Waals surface area contributed by atoms with Crippen LogP contribution in [0, 0.1) is 0 Å². The number of hydrogen-bond donors (Lipinski definition) is 1. The third-order valence-electron chi connectivity index (χ3n) is 0.236. The van der Waals surface area contributed by atoms with Crippen molar-refractivity contribution in [3.8, 4) is 0 Å². The average molecular weight is 91.2 g/mol. The molecule has 0 atom stereocenters. The van der Waals surface area contributed by atoms with E-state index in [4.69, 9.17) is 5.11 Å². The first-order valence-corrected chi connectivity index (χ1v) is 1.97. The second-order valence-corrected chi connectivity index (χ2v) is 1.04. The lowest BCUT2D eigenvalue weighted by Crippen LogP contribution is -1.93. The molecule has 0 bridgehead atoms. The predicted octanol–water partition coefficient (Wildman–Crippen LogP) is -1.46. The molecule has 0 aliphatic rings. The minimum absolute atomic E-state index is 0.128. The highest BCUT2D eigenvalue weighted by molar-refractivity contribution is 5.97. The molecule has 0 heterocycles. The van der Waals surface area contributed by atoms with Crippen LogP contribution in [0.5, 0.6) is 0 Å². The first kappa shape index (κ1) is 5.14. The Hall–Kier alpha value is 0.137. The van der Waals surface area contributed by atoms with Gasteiger partial charge in [-0.3, -0.25) is 0 Å². The van der Waals surface area contributed by atoms with E-state index in [9.17, 15) is 0 Å². The van der Waals surface area contributed by atoms with Gasteiger partial charge in [-0.15, -0.1) is 0 Å². The summed E-state index contributed by atoms with van der Waals surface area (Å²) >= 11 is 0. The van der Waals surface area contributed by atoms with E-state index in [0.29, 0.717) is 6.61 Å². The molecule has 0 fully saturated rings. The standard InChI is InChI=1S/C2H7O2Si/c3-1-2-4-5/h3H,1-2,5H2. The van der Waals surface area contributed by atoms with Crippen LogP contribution in [0.1, 0.15) is 0 Å². The summed E-state index contributed by atoms with van der Waals surface area (Å²) in [4.78, 5) is 0. The molecule has 0 amide bonds. The molecule has 0 aliphatic carbocycles. The molecule has 0 aromatic carbocycles. The lowest BCUT2D eigenvalue weighted by Gasteiger charge is -1.84. The van der Waals surface area contributed by atoms with E-state index in [1.165, 1.54) is 10.5 Å². The summed E-state index contributed by atoms with van der Waals surface area (Å²) in [6.45, 7) is 0.585. The third-order valence-corrected chi connectivity index (χ3v) is 0.524. The summed E-state index contributed by atoms with van der Waals surface area (Å²) in [5.74, 6) is 0. The Morgan fingerprint density at radius 3 is 2.40 bits per heavy atom. The van der Waals surface area contributed by atoms with Crippen LogP contribution in [0.3, 0.4) is 0 Å². The molecule has 0 rings (SSSR count). The molecule has 5 heavy (non-hydrogen) atoms. The fourth-order valence-corrected chi connectivity index (χ4v) is 0.194. The average Bonchev–Trinajstić information content (AvgIpc) is 1.41. The first-order chi connectivity index (χ1) is 2.41. The lowest BCUT2D eigenvalue weighted by molar-refractivity contribution is 0.212. The van der Waals surface area contributed by atoms with Crippen molar-refractivity contribution in [2.24, 2.45) is 0 Å². The Balaban J connectivity index is 2.19. The molecule has 0 aromatic rings. The fraction of sp³-hybridized carbons (Fsp3) is 1.00. The van der Waals surface area contributed by atoms with Crippen LogP contribution < -0.4 is 0 Å². The van der Waals surface area contributed by atoms with E-state index in [0.717, 1.165) is 0 Å². The fourth-order valence-electron chi connectivity index (χ4n) is 0.0645. The van der Waals surface area contributed by atoms with Crippen LogP contribution in [0.2, 0.25) is 0 Å². The van der Waals surface area contributed by atoms with Gasteiger partial charge in [0.15, 0.2) is 10.5 Å². The van der Waals surface area contributed by atoms with E-state index in [2.05, 4.69) is 4.43 Å². The summed E-state index contributed by atoms with van der Waals surface area (Å²) in [6.07, 6.45) is 0.